The summed E-state index contributed by atoms with van der Waals surface area (Å²) in [6.07, 6.45) is 5.62. The maximum Gasteiger partial charge on any atom is 0.326 e. The van der Waals surface area contributed by atoms with Gasteiger partial charge in [-0.25, -0.2) is 9.78 Å². The van der Waals surface area contributed by atoms with Crippen LogP contribution in [-0.4, -0.2) is 44.0 Å². The van der Waals surface area contributed by atoms with Crippen LogP contribution in [-0.2, 0) is 16.0 Å². The van der Waals surface area contributed by atoms with E-state index in [-0.39, 0.29) is 13.0 Å². The first-order chi connectivity index (χ1) is 14.0. The zero-order valence-corrected chi connectivity index (χ0v) is 15.8. The number of aryl methyl sites for hydroxylation is 1. The van der Waals surface area contributed by atoms with Gasteiger partial charge >= 0.3 is 5.97 Å². The van der Waals surface area contributed by atoms with Crippen molar-refractivity contribution in [2.24, 2.45) is 0 Å². The van der Waals surface area contributed by atoms with Crippen molar-refractivity contribution >= 4 is 28.4 Å². The molecule has 0 fully saturated rings. The van der Waals surface area contributed by atoms with Crippen molar-refractivity contribution < 1.29 is 19.4 Å². The number of aromatic amines is 1. The number of nitrogens with one attached hydrogen (secondary N) is 2. The first-order valence-corrected chi connectivity index (χ1v) is 9.15. The molecule has 0 bridgehead atoms. The van der Waals surface area contributed by atoms with Crippen molar-refractivity contribution in [1.29, 1.82) is 0 Å². The number of hydrogen-bond acceptors (Lipinski definition) is 4. The summed E-state index contributed by atoms with van der Waals surface area (Å²) in [5.74, 6) is -1.16. The van der Waals surface area contributed by atoms with Crippen LogP contribution in [0.5, 0.6) is 5.75 Å². The van der Waals surface area contributed by atoms with Gasteiger partial charge < -0.3 is 24.5 Å². The third-order valence-corrected chi connectivity index (χ3v) is 4.66. The fourth-order valence-corrected chi connectivity index (χ4v) is 3.32. The minimum Gasteiger partial charge on any atom is -0.480 e. The molecule has 1 unspecified atom stereocenters. The smallest absolute Gasteiger partial charge is 0.326 e. The predicted octanol–water partition coefficient (Wildman–Crippen LogP) is 2.31. The second-order valence-electron chi connectivity index (χ2n) is 6.80. The molecule has 1 atom stereocenters. The second-order valence-corrected chi connectivity index (χ2v) is 6.80. The van der Waals surface area contributed by atoms with E-state index < -0.39 is 17.9 Å². The molecule has 3 N–H and O–H groups in total. The van der Waals surface area contributed by atoms with Crippen molar-refractivity contribution in [2.45, 2.75) is 19.4 Å². The highest BCUT2D eigenvalue weighted by Crippen LogP contribution is 2.20. The minimum absolute atomic E-state index is 0.167. The molecule has 0 aliphatic carbocycles. The molecule has 0 saturated carbocycles. The average molecular weight is 392 g/mol. The van der Waals surface area contributed by atoms with Gasteiger partial charge in [0.25, 0.3) is 5.91 Å². The molecular formula is C21H20N4O4. The number of amides is 1. The minimum atomic E-state index is -1.10. The highest BCUT2D eigenvalue weighted by atomic mass is 16.5. The first kappa shape index (κ1) is 18.5. The number of ether oxygens (including phenoxy) is 1. The number of fused-ring (bicyclic) bond motifs is 2. The Hall–Kier alpha value is -3.81. The Kier molecular flexibility index (Phi) is 4.90. The highest BCUT2D eigenvalue weighted by Gasteiger charge is 2.22. The zero-order valence-electron chi connectivity index (χ0n) is 15.8. The number of para-hydroxylation sites is 1. The van der Waals surface area contributed by atoms with E-state index in [4.69, 9.17) is 4.74 Å². The number of carboxylic acids is 1. The summed E-state index contributed by atoms with van der Waals surface area (Å²) < 4.78 is 7.39. The Bertz CT molecular complexity index is 1190. The van der Waals surface area contributed by atoms with Gasteiger partial charge in [-0.15, -0.1) is 0 Å². The lowest BCUT2D eigenvalue weighted by molar-refractivity contribution is -0.142. The molecule has 1 aromatic carbocycles. The van der Waals surface area contributed by atoms with Gasteiger partial charge in [0.15, 0.2) is 18.0 Å². The van der Waals surface area contributed by atoms with Crippen molar-refractivity contribution in [2.75, 3.05) is 6.61 Å². The molecule has 148 valence electrons. The lowest BCUT2D eigenvalue weighted by Crippen LogP contribution is -2.44. The van der Waals surface area contributed by atoms with Gasteiger partial charge in [0.05, 0.1) is 5.69 Å². The number of H-pyrrole nitrogens is 1. The molecule has 1 amide bonds. The first-order valence-electron chi connectivity index (χ1n) is 9.15. The lowest BCUT2D eigenvalue weighted by atomic mass is 10.1. The molecule has 0 aliphatic rings. The van der Waals surface area contributed by atoms with Crippen LogP contribution in [0.3, 0.4) is 0 Å². The molecule has 4 rings (SSSR count). The van der Waals surface area contributed by atoms with Gasteiger partial charge in [0.1, 0.15) is 6.04 Å². The number of hydrogen-bond donors (Lipinski definition) is 3. The summed E-state index contributed by atoms with van der Waals surface area (Å²) in [7, 11) is 0. The van der Waals surface area contributed by atoms with E-state index >= 15 is 0 Å². The van der Waals surface area contributed by atoms with Crippen LogP contribution in [0.2, 0.25) is 0 Å². The second kappa shape index (κ2) is 7.67. The van der Waals surface area contributed by atoms with E-state index in [0.29, 0.717) is 11.4 Å². The monoisotopic (exact) mass is 392 g/mol. The Morgan fingerprint density at radius 3 is 2.93 bits per heavy atom. The Labute approximate surface area is 166 Å². The number of carbonyl (C=O) groups is 2. The Balaban J connectivity index is 1.43. The van der Waals surface area contributed by atoms with Crippen LogP contribution >= 0.6 is 0 Å². The zero-order chi connectivity index (χ0) is 20.4. The standard InChI is InChI=1S/C21H20N4O4/c1-13-11-25-8-4-7-18(20(25)23-13)29-12-19(26)24-17(21(27)28)9-14-10-22-16-6-3-2-5-15(14)16/h2-8,10-11,17,22H,9,12H2,1H3,(H,24,26)(H,27,28). The Morgan fingerprint density at radius 2 is 2.10 bits per heavy atom. The predicted molar refractivity (Wildman–Crippen MR) is 107 cm³/mol. The van der Waals surface area contributed by atoms with E-state index in [1.807, 2.05) is 43.6 Å². The Morgan fingerprint density at radius 1 is 1.28 bits per heavy atom. The topological polar surface area (TPSA) is 109 Å². The molecule has 8 nitrogen and oxygen atoms in total. The van der Waals surface area contributed by atoms with Crippen LogP contribution in [0.1, 0.15) is 11.3 Å². The van der Waals surface area contributed by atoms with Crippen LogP contribution in [0.4, 0.5) is 0 Å². The third kappa shape index (κ3) is 3.91. The summed E-state index contributed by atoms with van der Waals surface area (Å²) in [6.45, 7) is 1.56. The molecule has 0 saturated heterocycles. The van der Waals surface area contributed by atoms with Gasteiger partial charge in [-0.05, 0) is 30.7 Å². The van der Waals surface area contributed by atoms with Crippen molar-refractivity contribution in [1.82, 2.24) is 19.7 Å². The summed E-state index contributed by atoms with van der Waals surface area (Å²) in [4.78, 5) is 31.5. The van der Waals surface area contributed by atoms with Crippen molar-refractivity contribution in [3.8, 4) is 5.75 Å². The van der Waals surface area contributed by atoms with E-state index in [9.17, 15) is 14.7 Å². The molecule has 3 heterocycles. The van der Waals surface area contributed by atoms with Crippen LogP contribution in [0.25, 0.3) is 16.6 Å². The number of aromatic nitrogens is 3. The fraction of sp³-hybridized carbons (Fsp3) is 0.190. The molecule has 3 aromatic heterocycles. The number of rotatable bonds is 7. The van der Waals surface area contributed by atoms with Crippen LogP contribution in [0.15, 0.2) is 55.0 Å². The number of aliphatic carboxylic acids is 1. The summed E-state index contributed by atoms with van der Waals surface area (Å²) in [5.41, 5.74) is 3.18. The molecule has 8 heteroatoms. The summed E-state index contributed by atoms with van der Waals surface area (Å²) >= 11 is 0. The number of carboxylic acid groups (broad SMARTS) is 1. The third-order valence-electron chi connectivity index (χ3n) is 4.66. The number of imidazole rings is 1. The lowest BCUT2D eigenvalue weighted by Gasteiger charge is -2.15. The van der Waals surface area contributed by atoms with E-state index in [2.05, 4.69) is 15.3 Å². The van der Waals surface area contributed by atoms with Crippen molar-refractivity contribution in [3.05, 3.63) is 66.2 Å². The maximum absolute atomic E-state index is 12.3. The molecule has 0 aliphatic heterocycles. The van der Waals surface area contributed by atoms with Gasteiger partial charge in [0.2, 0.25) is 0 Å². The molecule has 0 spiro atoms. The van der Waals surface area contributed by atoms with E-state index in [1.165, 1.54) is 0 Å². The number of nitrogens with zero attached hydrogens (tertiary/aromatic N) is 2. The summed E-state index contributed by atoms with van der Waals surface area (Å²) in [6, 6.07) is 10.1. The van der Waals surface area contributed by atoms with E-state index in [1.54, 1.807) is 22.7 Å². The van der Waals surface area contributed by atoms with E-state index in [0.717, 1.165) is 22.2 Å². The van der Waals surface area contributed by atoms with Gasteiger partial charge in [-0.3, -0.25) is 4.79 Å². The molecule has 0 radical (unpaired) electrons. The molecule has 4 aromatic rings. The van der Waals surface area contributed by atoms with Gasteiger partial charge in [-0.1, -0.05) is 18.2 Å². The average Bonchev–Trinajstić information content (AvgIpc) is 3.28. The number of benzene rings is 1. The summed E-state index contributed by atoms with van der Waals surface area (Å²) in [5, 5.41) is 13.0. The molecular weight excluding hydrogens is 372 g/mol. The maximum atomic E-state index is 12.3. The normalized spacial score (nSPS) is 12.2. The number of carbonyl (C=O) groups excluding carboxylic acids is 1. The number of pyridine rings is 1. The van der Waals surface area contributed by atoms with Crippen molar-refractivity contribution in [3.63, 3.8) is 0 Å². The van der Waals surface area contributed by atoms with Gasteiger partial charge in [0, 0.05) is 35.9 Å². The van der Waals surface area contributed by atoms with Crippen LogP contribution in [0, 0.1) is 6.92 Å². The van der Waals surface area contributed by atoms with Gasteiger partial charge in [-0.2, -0.15) is 0 Å². The quantitative estimate of drug-likeness (QED) is 0.447. The fourth-order valence-electron chi connectivity index (χ4n) is 3.32. The molecule has 29 heavy (non-hydrogen) atoms. The SMILES string of the molecule is Cc1cn2cccc(OCC(=O)NC(Cc3c[nH]c4ccccc34)C(=O)O)c2n1. The largest absolute Gasteiger partial charge is 0.480 e. The van der Waals surface area contributed by atoms with Crippen LogP contribution < -0.4 is 10.1 Å². The highest BCUT2D eigenvalue weighted by molar-refractivity contribution is 5.87.